The predicted molar refractivity (Wildman–Crippen MR) is 78.2 cm³/mol. The highest BCUT2D eigenvalue weighted by molar-refractivity contribution is 7.14. The topological polar surface area (TPSA) is 42.0 Å². The van der Waals surface area contributed by atoms with Crippen molar-refractivity contribution in [2.75, 3.05) is 5.32 Å². The Morgan fingerprint density at radius 3 is 2.68 bits per heavy atom. The molecule has 4 heteroatoms. The number of carbonyl (C=O) groups excluding carboxylic acids is 1. The van der Waals surface area contributed by atoms with Gasteiger partial charge in [-0.25, -0.2) is 4.98 Å². The highest BCUT2D eigenvalue weighted by Crippen LogP contribution is 2.38. The maximum absolute atomic E-state index is 11.8. The lowest BCUT2D eigenvalue weighted by atomic mass is 10.1. The Bertz CT molecular complexity index is 603. The van der Waals surface area contributed by atoms with Crippen molar-refractivity contribution in [1.29, 1.82) is 0 Å². The van der Waals surface area contributed by atoms with E-state index in [9.17, 15) is 4.79 Å². The van der Waals surface area contributed by atoms with Crippen LogP contribution in [0.4, 0.5) is 5.13 Å². The van der Waals surface area contributed by atoms with Crippen LogP contribution in [0.2, 0.25) is 0 Å². The molecule has 1 aromatic carbocycles. The Hall–Kier alpha value is -1.68. The van der Waals surface area contributed by atoms with E-state index in [0.717, 1.165) is 17.7 Å². The van der Waals surface area contributed by atoms with Gasteiger partial charge >= 0.3 is 0 Å². The molecule has 19 heavy (non-hydrogen) atoms. The second kappa shape index (κ2) is 4.78. The summed E-state index contributed by atoms with van der Waals surface area (Å²) in [5.41, 5.74) is 3.24. The van der Waals surface area contributed by atoms with Gasteiger partial charge in [0, 0.05) is 16.9 Å². The van der Waals surface area contributed by atoms with E-state index in [1.54, 1.807) is 0 Å². The summed E-state index contributed by atoms with van der Waals surface area (Å²) in [4.78, 5) is 16.3. The molecule has 98 valence electrons. The van der Waals surface area contributed by atoms with Gasteiger partial charge in [-0.05, 0) is 19.3 Å². The number of hydrogen-bond acceptors (Lipinski definition) is 3. The largest absolute Gasteiger partial charge is 0.302 e. The van der Waals surface area contributed by atoms with Crippen molar-refractivity contribution in [3.8, 4) is 11.3 Å². The molecule has 1 heterocycles. The molecule has 2 aromatic rings. The van der Waals surface area contributed by atoms with Crippen molar-refractivity contribution >= 4 is 22.4 Å². The van der Waals surface area contributed by atoms with Gasteiger partial charge in [0.05, 0.1) is 5.69 Å². The number of anilines is 1. The molecule has 1 aromatic heterocycles. The van der Waals surface area contributed by atoms with Gasteiger partial charge in [0.25, 0.3) is 0 Å². The zero-order valence-corrected chi connectivity index (χ0v) is 11.8. The number of aryl methyl sites for hydroxylation is 1. The molecule has 0 unspecified atom stereocenters. The van der Waals surface area contributed by atoms with Crippen LogP contribution in [0.15, 0.2) is 29.6 Å². The summed E-state index contributed by atoms with van der Waals surface area (Å²) >= 11 is 1.48. The van der Waals surface area contributed by atoms with E-state index >= 15 is 0 Å². The lowest BCUT2D eigenvalue weighted by molar-refractivity contribution is -0.117. The molecule has 1 amide bonds. The van der Waals surface area contributed by atoms with Crippen LogP contribution in [0.1, 0.15) is 18.9 Å². The average Bonchev–Trinajstić information content (AvgIpc) is 2.95. The van der Waals surface area contributed by atoms with E-state index in [-0.39, 0.29) is 11.8 Å². The van der Waals surface area contributed by atoms with Crippen LogP contribution in [-0.4, -0.2) is 10.9 Å². The summed E-state index contributed by atoms with van der Waals surface area (Å²) in [5, 5.41) is 5.58. The summed E-state index contributed by atoms with van der Waals surface area (Å²) in [7, 11) is 0. The van der Waals surface area contributed by atoms with Crippen molar-refractivity contribution < 1.29 is 4.79 Å². The fourth-order valence-corrected chi connectivity index (χ4v) is 2.80. The maximum atomic E-state index is 11.8. The number of hydrogen-bond donors (Lipinski definition) is 1. The minimum absolute atomic E-state index is 0.109. The number of rotatable bonds is 3. The van der Waals surface area contributed by atoms with Gasteiger partial charge in [-0.1, -0.05) is 36.8 Å². The van der Waals surface area contributed by atoms with Crippen LogP contribution in [0.5, 0.6) is 0 Å². The second-order valence-corrected chi connectivity index (χ2v) is 6.07. The third kappa shape index (κ3) is 2.68. The van der Waals surface area contributed by atoms with Crippen molar-refractivity contribution in [3.05, 3.63) is 35.2 Å². The van der Waals surface area contributed by atoms with Gasteiger partial charge < -0.3 is 5.32 Å². The van der Waals surface area contributed by atoms with E-state index in [1.165, 1.54) is 16.9 Å². The van der Waals surface area contributed by atoms with Crippen molar-refractivity contribution in [3.63, 3.8) is 0 Å². The van der Waals surface area contributed by atoms with Gasteiger partial charge in [0.1, 0.15) is 0 Å². The number of carbonyl (C=O) groups is 1. The first-order valence-corrected chi connectivity index (χ1v) is 7.35. The number of amides is 1. The van der Waals surface area contributed by atoms with Gasteiger partial charge in [-0.3, -0.25) is 4.79 Å². The first-order valence-electron chi connectivity index (χ1n) is 6.47. The molecule has 3 rings (SSSR count). The van der Waals surface area contributed by atoms with Gasteiger partial charge in [-0.2, -0.15) is 0 Å². The Balaban J connectivity index is 1.72. The van der Waals surface area contributed by atoms with Crippen LogP contribution in [0.25, 0.3) is 11.3 Å². The molecule has 0 aliphatic heterocycles. The van der Waals surface area contributed by atoms with Crippen LogP contribution in [-0.2, 0) is 4.79 Å². The molecule has 1 saturated carbocycles. The highest BCUT2D eigenvalue weighted by atomic mass is 32.1. The predicted octanol–water partition coefficient (Wildman–Crippen LogP) is 3.71. The normalized spacial score (nSPS) is 21.2. The minimum Gasteiger partial charge on any atom is -0.302 e. The SMILES string of the molecule is Cc1ccc(-c2csc(NC(=O)[C@@H]3C[C@@H]3C)n2)cc1. The van der Waals surface area contributed by atoms with Crippen LogP contribution in [0, 0.1) is 18.8 Å². The van der Waals surface area contributed by atoms with Crippen molar-refractivity contribution in [2.45, 2.75) is 20.3 Å². The molecule has 0 spiro atoms. The summed E-state index contributed by atoms with van der Waals surface area (Å²) in [5.74, 6) is 0.820. The number of aromatic nitrogens is 1. The molecule has 0 bridgehead atoms. The molecule has 1 N–H and O–H groups in total. The molecular weight excluding hydrogens is 256 g/mol. The van der Waals surface area contributed by atoms with Gasteiger partial charge in [0.15, 0.2) is 5.13 Å². The minimum atomic E-state index is 0.109. The van der Waals surface area contributed by atoms with Gasteiger partial charge in [0.2, 0.25) is 5.91 Å². The number of thiazole rings is 1. The van der Waals surface area contributed by atoms with Crippen molar-refractivity contribution in [2.24, 2.45) is 11.8 Å². The molecule has 0 saturated heterocycles. The molecule has 1 fully saturated rings. The third-order valence-corrected chi connectivity index (χ3v) is 4.29. The molecule has 1 aliphatic rings. The summed E-state index contributed by atoms with van der Waals surface area (Å²) < 4.78 is 0. The highest BCUT2D eigenvalue weighted by Gasteiger charge is 2.39. The molecule has 2 atom stereocenters. The van der Waals surface area contributed by atoms with E-state index < -0.39 is 0 Å². The fraction of sp³-hybridized carbons (Fsp3) is 0.333. The standard InChI is InChI=1S/C15H16N2OS/c1-9-3-5-11(6-4-9)13-8-19-15(16-13)17-14(18)12-7-10(12)2/h3-6,8,10,12H,7H2,1-2H3,(H,16,17,18)/t10-,12+/m0/s1. The fourth-order valence-electron chi connectivity index (χ4n) is 2.07. The summed E-state index contributed by atoms with van der Waals surface area (Å²) in [6, 6.07) is 8.25. The zero-order valence-electron chi connectivity index (χ0n) is 11.0. The quantitative estimate of drug-likeness (QED) is 0.925. The number of benzene rings is 1. The Morgan fingerprint density at radius 1 is 1.37 bits per heavy atom. The second-order valence-electron chi connectivity index (χ2n) is 5.21. The maximum Gasteiger partial charge on any atom is 0.229 e. The molecule has 0 radical (unpaired) electrons. The third-order valence-electron chi connectivity index (χ3n) is 3.53. The molecular formula is C15H16N2OS. The van der Waals surface area contributed by atoms with Crippen molar-refractivity contribution in [1.82, 2.24) is 4.98 Å². The Labute approximate surface area is 116 Å². The summed E-state index contributed by atoms with van der Waals surface area (Å²) in [6.45, 7) is 4.16. The summed E-state index contributed by atoms with van der Waals surface area (Å²) in [6.07, 6.45) is 1.00. The number of nitrogens with one attached hydrogen (secondary N) is 1. The average molecular weight is 272 g/mol. The molecule has 3 nitrogen and oxygen atoms in total. The monoisotopic (exact) mass is 272 g/mol. The van der Waals surface area contributed by atoms with Crippen LogP contribution in [0.3, 0.4) is 0 Å². The van der Waals surface area contributed by atoms with Gasteiger partial charge in [-0.15, -0.1) is 11.3 Å². The van der Waals surface area contributed by atoms with E-state index in [0.29, 0.717) is 11.0 Å². The lowest BCUT2D eigenvalue weighted by Gasteiger charge is -1.99. The zero-order chi connectivity index (χ0) is 13.4. The van der Waals surface area contributed by atoms with Crippen LogP contribution < -0.4 is 5.32 Å². The van der Waals surface area contributed by atoms with Crippen LogP contribution >= 0.6 is 11.3 Å². The first kappa shape index (κ1) is 12.4. The smallest absolute Gasteiger partial charge is 0.229 e. The Morgan fingerprint density at radius 2 is 2.05 bits per heavy atom. The Kier molecular flexibility index (Phi) is 3.11. The lowest BCUT2D eigenvalue weighted by Crippen LogP contribution is -2.14. The number of nitrogens with zero attached hydrogens (tertiary/aromatic N) is 1. The molecule has 1 aliphatic carbocycles. The first-order chi connectivity index (χ1) is 9.13. The van der Waals surface area contributed by atoms with E-state index in [4.69, 9.17) is 0 Å². The van der Waals surface area contributed by atoms with E-state index in [2.05, 4.69) is 48.4 Å². The van der Waals surface area contributed by atoms with E-state index in [1.807, 2.05) is 5.38 Å².